The molecule has 2 aromatic rings. The van der Waals surface area contributed by atoms with E-state index in [4.69, 9.17) is 0 Å². The van der Waals surface area contributed by atoms with Gasteiger partial charge in [-0.2, -0.15) is 0 Å². The van der Waals surface area contributed by atoms with E-state index in [9.17, 15) is 29.0 Å². The van der Waals surface area contributed by atoms with Crippen LogP contribution in [0.15, 0.2) is 54.6 Å². The first-order valence-electron chi connectivity index (χ1n) is 10.3. The molecule has 3 rings (SSSR count). The Balaban J connectivity index is 1.80. The molecule has 1 saturated heterocycles. The molecule has 1 heterocycles. The number of aliphatic hydroxyl groups is 1. The molecule has 4 N–H and O–H groups in total. The van der Waals surface area contributed by atoms with Gasteiger partial charge < -0.3 is 25.7 Å². The summed E-state index contributed by atoms with van der Waals surface area (Å²) < 4.78 is 12.7. The van der Waals surface area contributed by atoms with Gasteiger partial charge in [-0.1, -0.05) is 36.4 Å². The molecule has 0 spiro atoms. The van der Waals surface area contributed by atoms with Crippen molar-refractivity contribution in [3.8, 4) is 0 Å². The molecule has 8 nitrogen and oxygen atoms in total. The number of amides is 3. The van der Waals surface area contributed by atoms with E-state index in [2.05, 4.69) is 10.6 Å². The van der Waals surface area contributed by atoms with Crippen molar-refractivity contribution in [3.63, 3.8) is 0 Å². The molecule has 3 unspecified atom stereocenters. The summed E-state index contributed by atoms with van der Waals surface area (Å²) in [5, 5.41) is 25.6. The van der Waals surface area contributed by atoms with Crippen LogP contribution < -0.4 is 10.6 Å². The molecule has 0 bridgehead atoms. The van der Waals surface area contributed by atoms with E-state index in [-0.39, 0.29) is 18.0 Å². The molecule has 10 heteroatoms. The lowest BCUT2D eigenvalue weighted by molar-refractivity contribution is -0.154. The molecule has 33 heavy (non-hydrogen) atoms. The number of urea groups is 1. The Morgan fingerprint density at radius 1 is 1.18 bits per heavy atom. The van der Waals surface area contributed by atoms with Crippen LogP contribution in [0.4, 0.5) is 14.9 Å². The lowest BCUT2D eigenvalue weighted by Crippen LogP contribution is -2.57. The Labute approximate surface area is 195 Å². The Morgan fingerprint density at radius 2 is 1.88 bits per heavy atom. The van der Waals surface area contributed by atoms with Gasteiger partial charge >= 0.3 is 12.0 Å². The van der Waals surface area contributed by atoms with Crippen molar-refractivity contribution < 1.29 is 29.0 Å². The monoisotopic (exact) mass is 475 g/mol. The maximum absolute atomic E-state index is 13.4. The fourth-order valence-electron chi connectivity index (χ4n) is 3.74. The number of halogens is 1. The molecule has 1 aliphatic rings. The summed E-state index contributed by atoms with van der Waals surface area (Å²) in [7, 11) is 0. The number of nitrogens with zero attached hydrogens (tertiary/aromatic N) is 1. The third kappa shape index (κ3) is 6.02. The van der Waals surface area contributed by atoms with E-state index in [1.165, 1.54) is 30.0 Å². The van der Waals surface area contributed by atoms with Crippen LogP contribution in [0.5, 0.6) is 0 Å². The van der Waals surface area contributed by atoms with Crippen LogP contribution in [0.25, 0.3) is 0 Å². The fourth-order valence-corrected chi connectivity index (χ4v) is 4.87. The minimum absolute atomic E-state index is 0.105. The molecular weight excluding hydrogens is 449 g/mol. The predicted molar refractivity (Wildman–Crippen MR) is 123 cm³/mol. The highest BCUT2D eigenvalue weighted by Crippen LogP contribution is 2.39. The topological polar surface area (TPSA) is 119 Å². The lowest BCUT2D eigenvalue weighted by atomic mass is 9.98. The van der Waals surface area contributed by atoms with E-state index in [0.717, 1.165) is 16.5 Å². The molecule has 2 aromatic carbocycles. The molecule has 1 aliphatic heterocycles. The van der Waals surface area contributed by atoms with E-state index in [0.29, 0.717) is 0 Å². The summed E-state index contributed by atoms with van der Waals surface area (Å²) >= 11 is 1.30. The van der Waals surface area contributed by atoms with E-state index in [1.807, 2.05) is 6.07 Å². The Hall–Kier alpha value is -3.11. The Bertz CT molecular complexity index is 1020. The Morgan fingerprint density at radius 3 is 2.52 bits per heavy atom. The molecule has 0 saturated carbocycles. The summed E-state index contributed by atoms with van der Waals surface area (Å²) in [6.07, 6.45) is -1.58. The van der Waals surface area contributed by atoms with Crippen LogP contribution in [0.3, 0.4) is 0 Å². The van der Waals surface area contributed by atoms with Crippen molar-refractivity contribution in [2.75, 3.05) is 11.2 Å². The second-order valence-electron chi connectivity index (χ2n) is 8.28. The van der Waals surface area contributed by atoms with Gasteiger partial charge in [-0.15, -0.1) is 11.8 Å². The smallest absolute Gasteiger partial charge is 0.327 e. The van der Waals surface area contributed by atoms with Gasteiger partial charge in [0, 0.05) is 10.4 Å². The zero-order valence-corrected chi connectivity index (χ0v) is 19.0. The average molecular weight is 476 g/mol. The van der Waals surface area contributed by atoms with E-state index < -0.39 is 46.7 Å². The molecule has 3 amide bonds. The number of carboxylic acids is 1. The van der Waals surface area contributed by atoms with Crippen molar-refractivity contribution in [1.29, 1.82) is 0 Å². The van der Waals surface area contributed by atoms with Crippen molar-refractivity contribution in [1.82, 2.24) is 10.2 Å². The number of rotatable bonds is 7. The van der Waals surface area contributed by atoms with Crippen molar-refractivity contribution >= 4 is 35.4 Å². The molecule has 1 fully saturated rings. The van der Waals surface area contributed by atoms with Crippen LogP contribution in [0, 0.1) is 5.82 Å². The minimum Gasteiger partial charge on any atom is -0.480 e. The fraction of sp³-hybridized carbons (Fsp3) is 0.348. The van der Waals surface area contributed by atoms with E-state index in [1.54, 1.807) is 38.1 Å². The zero-order chi connectivity index (χ0) is 24.2. The van der Waals surface area contributed by atoms with Crippen molar-refractivity contribution in [2.24, 2.45) is 0 Å². The van der Waals surface area contributed by atoms with E-state index >= 15 is 0 Å². The van der Waals surface area contributed by atoms with Gasteiger partial charge in [-0.3, -0.25) is 4.79 Å². The molecule has 0 aliphatic carbocycles. The SMILES string of the molecule is CC1(C)SCN(C(=O)C(O)C(Cc2ccccc2)NC(=O)Nc2cccc(F)c2)C1C(=O)O. The summed E-state index contributed by atoms with van der Waals surface area (Å²) in [6, 6.07) is 11.3. The van der Waals surface area contributed by atoms with Gasteiger partial charge in [-0.25, -0.2) is 14.0 Å². The van der Waals surface area contributed by atoms with Gasteiger partial charge in [0.05, 0.1) is 11.9 Å². The molecule has 0 radical (unpaired) electrons. The van der Waals surface area contributed by atoms with Gasteiger partial charge in [0.15, 0.2) is 6.10 Å². The maximum atomic E-state index is 13.4. The van der Waals surface area contributed by atoms with Crippen LogP contribution >= 0.6 is 11.8 Å². The Kier molecular flexibility index (Phi) is 7.60. The van der Waals surface area contributed by atoms with Crippen molar-refractivity contribution in [2.45, 2.75) is 43.2 Å². The zero-order valence-electron chi connectivity index (χ0n) is 18.2. The predicted octanol–water partition coefficient (Wildman–Crippen LogP) is 2.68. The summed E-state index contributed by atoms with van der Waals surface area (Å²) in [5.41, 5.74) is 0.960. The van der Waals surface area contributed by atoms with Crippen LogP contribution in [-0.2, 0) is 16.0 Å². The first kappa shape index (κ1) is 24.5. The molecule has 176 valence electrons. The van der Waals surface area contributed by atoms with Crippen LogP contribution in [0.1, 0.15) is 19.4 Å². The number of carbonyl (C=O) groups is 3. The van der Waals surface area contributed by atoms with Gasteiger partial charge in [0.25, 0.3) is 5.91 Å². The molecular formula is C23H26FN3O5S. The normalized spacial score (nSPS) is 18.9. The number of thioether (sulfide) groups is 1. The van der Waals surface area contributed by atoms with Gasteiger partial charge in [-0.05, 0) is 44.0 Å². The molecule has 0 aromatic heterocycles. The highest BCUT2D eigenvalue weighted by atomic mass is 32.2. The van der Waals surface area contributed by atoms with Gasteiger partial charge in [0.2, 0.25) is 0 Å². The third-order valence-electron chi connectivity index (χ3n) is 5.39. The third-order valence-corrected chi connectivity index (χ3v) is 6.77. The quantitative estimate of drug-likeness (QED) is 0.489. The number of carbonyl (C=O) groups excluding carboxylic acids is 2. The lowest BCUT2D eigenvalue weighted by Gasteiger charge is -2.31. The highest BCUT2D eigenvalue weighted by Gasteiger charge is 2.50. The number of aliphatic hydroxyl groups excluding tert-OH is 1. The second kappa shape index (κ2) is 10.2. The highest BCUT2D eigenvalue weighted by molar-refractivity contribution is 8.00. The number of carboxylic acid groups (broad SMARTS) is 1. The second-order valence-corrected chi connectivity index (χ2v) is 9.87. The number of anilines is 1. The van der Waals surface area contributed by atoms with Crippen LogP contribution in [0.2, 0.25) is 0 Å². The number of nitrogens with one attached hydrogen (secondary N) is 2. The van der Waals surface area contributed by atoms with Crippen LogP contribution in [-0.4, -0.2) is 61.8 Å². The summed E-state index contributed by atoms with van der Waals surface area (Å²) in [6.45, 7) is 3.45. The van der Waals surface area contributed by atoms with Crippen molar-refractivity contribution in [3.05, 3.63) is 66.0 Å². The first-order chi connectivity index (χ1) is 15.6. The largest absolute Gasteiger partial charge is 0.480 e. The minimum atomic E-state index is -1.69. The average Bonchev–Trinajstić information content (AvgIpc) is 3.08. The summed E-state index contributed by atoms with van der Waals surface area (Å²) in [5.74, 6) is -2.37. The number of aliphatic carboxylic acids is 1. The number of hydrogen-bond donors (Lipinski definition) is 4. The first-order valence-corrected chi connectivity index (χ1v) is 11.3. The maximum Gasteiger partial charge on any atom is 0.327 e. The summed E-state index contributed by atoms with van der Waals surface area (Å²) in [4.78, 5) is 38.7. The number of hydrogen-bond acceptors (Lipinski definition) is 5. The standard InChI is InChI=1S/C23H26FN3O5S/c1-23(2)19(21(30)31)27(13-33-23)20(29)18(28)17(11-14-7-4-3-5-8-14)26-22(32)25-16-10-6-9-15(24)12-16/h3-10,12,17-19,28H,11,13H2,1-2H3,(H,30,31)(H2,25,26,32). The number of benzene rings is 2. The molecule has 3 atom stereocenters. The van der Waals surface area contributed by atoms with Gasteiger partial charge in [0.1, 0.15) is 11.9 Å².